The van der Waals surface area contributed by atoms with Gasteiger partial charge in [0.05, 0.1) is 5.41 Å². The summed E-state index contributed by atoms with van der Waals surface area (Å²) in [5.41, 5.74) is 5.49. The molecular formula is C22H28O. The molecule has 0 heterocycles. The van der Waals surface area contributed by atoms with Crippen LogP contribution in [0.2, 0.25) is 0 Å². The van der Waals surface area contributed by atoms with E-state index in [2.05, 4.69) is 52.0 Å². The topological polar surface area (TPSA) is 17.1 Å². The summed E-state index contributed by atoms with van der Waals surface area (Å²) in [5.74, 6) is 0.254. The van der Waals surface area contributed by atoms with E-state index in [9.17, 15) is 4.79 Å². The van der Waals surface area contributed by atoms with Gasteiger partial charge in [0.25, 0.3) is 0 Å². The van der Waals surface area contributed by atoms with Crippen molar-refractivity contribution in [3.8, 4) is 0 Å². The van der Waals surface area contributed by atoms with E-state index in [1.807, 2.05) is 25.1 Å². The minimum absolute atomic E-state index is 0.254. The Balaban J connectivity index is 2.22. The van der Waals surface area contributed by atoms with E-state index in [0.29, 0.717) is 0 Å². The van der Waals surface area contributed by atoms with Gasteiger partial charge in [0.2, 0.25) is 0 Å². The van der Waals surface area contributed by atoms with Crippen molar-refractivity contribution in [3.63, 3.8) is 0 Å². The van der Waals surface area contributed by atoms with Crippen LogP contribution in [0, 0.1) is 0 Å². The van der Waals surface area contributed by atoms with E-state index in [-0.39, 0.29) is 5.78 Å². The number of Topliss-reactive ketones (excluding diaryl/α,β-unsaturated/α-hetero) is 1. The quantitative estimate of drug-likeness (QED) is 0.608. The molecule has 1 atom stereocenters. The van der Waals surface area contributed by atoms with Gasteiger partial charge in [-0.05, 0) is 76.7 Å². The molecule has 122 valence electrons. The van der Waals surface area contributed by atoms with Crippen molar-refractivity contribution in [2.45, 2.75) is 59.3 Å². The highest BCUT2D eigenvalue weighted by Gasteiger charge is 2.38. The summed E-state index contributed by atoms with van der Waals surface area (Å²) < 4.78 is 0. The number of fused-ring (bicyclic) bond motifs is 1. The van der Waals surface area contributed by atoms with Crippen molar-refractivity contribution in [2.75, 3.05) is 0 Å². The molecule has 1 heteroatoms. The molecule has 2 rings (SSSR count). The van der Waals surface area contributed by atoms with Crippen molar-refractivity contribution in [2.24, 2.45) is 0 Å². The Morgan fingerprint density at radius 2 is 1.83 bits per heavy atom. The summed E-state index contributed by atoms with van der Waals surface area (Å²) in [6.07, 6.45) is 9.45. The lowest BCUT2D eigenvalue weighted by molar-refractivity contribution is -0.120. The number of rotatable bonds is 5. The average molecular weight is 308 g/mol. The maximum Gasteiger partial charge on any atom is 0.169 e. The van der Waals surface area contributed by atoms with Gasteiger partial charge in [0.15, 0.2) is 5.78 Å². The molecule has 0 N–H and O–H groups in total. The summed E-state index contributed by atoms with van der Waals surface area (Å²) in [5, 5.41) is 0. The van der Waals surface area contributed by atoms with Crippen molar-refractivity contribution < 1.29 is 4.79 Å². The fraction of sp³-hybridized carbons (Fsp3) is 0.409. The van der Waals surface area contributed by atoms with Crippen LogP contribution in [0.15, 0.2) is 53.1 Å². The van der Waals surface area contributed by atoms with Gasteiger partial charge in [-0.1, -0.05) is 47.6 Å². The molecule has 1 nitrogen and oxygen atoms in total. The monoisotopic (exact) mass is 308 g/mol. The number of ketones is 1. The van der Waals surface area contributed by atoms with Crippen LogP contribution in [-0.4, -0.2) is 5.78 Å². The predicted molar refractivity (Wildman–Crippen MR) is 99.5 cm³/mol. The molecule has 0 radical (unpaired) electrons. The number of hydrogen-bond donors (Lipinski definition) is 0. The number of benzene rings is 1. The van der Waals surface area contributed by atoms with Crippen LogP contribution < -0.4 is 0 Å². The second-order valence-electron chi connectivity index (χ2n) is 7.15. The Labute approximate surface area is 140 Å². The molecule has 23 heavy (non-hydrogen) atoms. The Bertz CT molecular complexity index is 684. The molecule has 1 aliphatic rings. The minimum atomic E-state index is -0.437. The lowest BCUT2D eigenvalue weighted by Gasteiger charge is -2.33. The van der Waals surface area contributed by atoms with Crippen molar-refractivity contribution in [1.82, 2.24) is 0 Å². The van der Waals surface area contributed by atoms with E-state index >= 15 is 0 Å². The largest absolute Gasteiger partial charge is 0.294 e. The van der Waals surface area contributed by atoms with Gasteiger partial charge in [0.1, 0.15) is 0 Å². The molecule has 0 spiro atoms. The summed E-state index contributed by atoms with van der Waals surface area (Å²) in [6.45, 7) is 10.5. The number of carbonyl (C=O) groups is 1. The summed E-state index contributed by atoms with van der Waals surface area (Å²) in [6, 6.07) is 8.28. The van der Waals surface area contributed by atoms with Crippen LogP contribution in [0.25, 0.3) is 6.08 Å². The van der Waals surface area contributed by atoms with Crippen LogP contribution in [0.5, 0.6) is 0 Å². The van der Waals surface area contributed by atoms with E-state index in [4.69, 9.17) is 0 Å². The summed E-state index contributed by atoms with van der Waals surface area (Å²) in [4.78, 5) is 12.8. The first kappa shape index (κ1) is 17.5. The maximum atomic E-state index is 12.8. The lowest BCUT2D eigenvalue weighted by Crippen LogP contribution is -2.35. The average Bonchev–Trinajstić information content (AvgIpc) is 2.51. The SMILES string of the molecule is CC(C)=CCC/C(C)=C\CC1(C)C(=O)C(C)=Cc2ccccc21. The number of allylic oxidation sites excluding steroid dienone is 5. The first-order valence-electron chi connectivity index (χ1n) is 8.46. The third-order valence-electron chi connectivity index (χ3n) is 4.74. The van der Waals surface area contributed by atoms with E-state index in [1.165, 1.54) is 16.7 Å². The molecule has 1 aliphatic carbocycles. The van der Waals surface area contributed by atoms with Crippen molar-refractivity contribution in [1.29, 1.82) is 0 Å². The van der Waals surface area contributed by atoms with Crippen LogP contribution >= 0.6 is 0 Å². The Morgan fingerprint density at radius 3 is 2.52 bits per heavy atom. The molecule has 0 amide bonds. The minimum Gasteiger partial charge on any atom is -0.294 e. The zero-order chi connectivity index (χ0) is 17.0. The van der Waals surface area contributed by atoms with Crippen LogP contribution in [0.3, 0.4) is 0 Å². The molecule has 0 saturated heterocycles. The highest BCUT2D eigenvalue weighted by Crippen LogP contribution is 2.39. The second kappa shape index (κ2) is 7.12. The third-order valence-corrected chi connectivity index (χ3v) is 4.74. The smallest absolute Gasteiger partial charge is 0.169 e. The van der Waals surface area contributed by atoms with Gasteiger partial charge < -0.3 is 0 Å². The Morgan fingerprint density at radius 1 is 1.13 bits per heavy atom. The van der Waals surface area contributed by atoms with Gasteiger partial charge >= 0.3 is 0 Å². The highest BCUT2D eigenvalue weighted by atomic mass is 16.1. The molecule has 0 fully saturated rings. The fourth-order valence-electron chi connectivity index (χ4n) is 3.25. The molecule has 0 saturated carbocycles. The number of hydrogen-bond acceptors (Lipinski definition) is 1. The molecule has 1 aromatic rings. The zero-order valence-corrected chi connectivity index (χ0v) is 15.1. The van der Waals surface area contributed by atoms with Gasteiger partial charge in [-0.2, -0.15) is 0 Å². The standard InChI is InChI=1S/C22H28O/c1-16(2)9-8-10-17(3)13-14-22(5)20-12-7-6-11-19(20)15-18(4)21(22)23/h6-7,9,11-13,15H,8,10,14H2,1-5H3/b17-13-. The maximum absolute atomic E-state index is 12.8. The third kappa shape index (κ3) is 3.90. The summed E-state index contributed by atoms with van der Waals surface area (Å²) >= 11 is 0. The van der Waals surface area contributed by atoms with E-state index < -0.39 is 5.41 Å². The first-order chi connectivity index (χ1) is 10.8. The van der Waals surface area contributed by atoms with E-state index in [1.54, 1.807) is 0 Å². The Kier molecular flexibility index (Phi) is 5.41. The molecule has 0 aromatic heterocycles. The molecular weight excluding hydrogens is 280 g/mol. The molecule has 0 aliphatic heterocycles. The number of carbonyl (C=O) groups excluding carboxylic acids is 1. The summed E-state index contributed by atoms with van der Waals surface area (Å²) in [7, 11) is 0. The van der Waals surface area contributed by atoms with Gasteiger partial charge in [-0.25, -0.2) is 0 Å². The first-order valence-corrected chi connectivity index (χ1v) is 8.46. The van der Waals surface area contributed by atoms with Crippen molar-refractivity contribution in [3.05, 3.63) is 64.3 Å². The normalized spacial score (nSPS) is 20.8. The highest BCUT2D eigenvalue weighted by molar-refractivity contribution is 6.09. The molecule has 0 bridgehead atoms. The molecule has 1 unspecified atom stereocenters. The van der Waals surface area contributed by atoms with Gasteiger partial charge in [-0.3, -0.25) is 4.79 Å². The van der Waals surface area contributed by atoms with Gasteiger partial charge in [-0.15, -0.1) is 0 Å². The molecule has 1 aromatic carbocycles. The van der Waals surface area contributed by atoms with Crippen LogP contribution in [0.1, 0.15) is 65.0 Å². The van der Waals surface area contributed by atoms with Gasteiger partial charge in [0, 0.05) is 0 Å². The van der Waals surface area contributed by atoms with Crippen LogP contribution in [-0.2, 0) is 10.2 Å². The van der Waals surface area contributed by atoms with Crippen molar-refractivity contribution >= 4 is 11.9 Å². The predicted octanol–water partition coefficient (Wildman–Crippen LogP) is 6.01. The second-order valence-corrected chi connectivity index (χ2v) is 7.15. The van der Waals surface area contributed by atoms with E-state index in [0.717, 1.165) is 30.4 Å². The van der Waals surface area contributed by atoms with Crippen LogP contribution in [0.4, 0.5) is 0 Å². The lowest BCUT2D eigenvalue weighted by atomic mass is 9.68. The fourth-order valence-corrected chi connectivity index (χ4v) is 3.25. The zero-order valence-electron chi connectivity index (χ0n) is 15.1. The Hall–Kier alpha value is -1.89.